The van der Waals surface area contributed by atoms with Gasteiger partial charge in [-0.25, -0.2) is 4.98 Å². The average Bonchev–Trinajstić information content (AvgIpc) is 2.38. The lowest BCUT2D eigenvalue weighted by Gasteiger charge is -2.27. The Labute approximate surface area is 101 Å². The van der Waals surface area contributed by atoms with Crippen LogP contribution in [0.1, 0.15) is 36.2 Å². The molecule has 2 atom stereocenters. The summed E-state index contributed by atoms with van der Waals surface area (Å²) in [5.74, 6) is 0.456. The SMILES string of the molecule is COc1cccnc1C(=O)C1CCCCC1N. The van der Waals surface area contributed by atoms with E-state index in [4.69, 9.17) is 10.5 Å². The molecule has 4 nitrogen and oxygen atoms in total. The van der Waals surface area contributed by atoms with Gasteiger partial charge in [0, 0.05) is 18.2 Å². The van der Waals surface area contributed by atoms with Crippen molar-refractivity contribution in [3.63, 3.8) is 0 Å². The minimum absolute atomic E-state index is 0.0228. The first-order valence-corrected chi connectivity index (χ1v) is 6.03. The average molecular weight is 234 g/mol. The van der Waals surface area contributed by atoms with E-state index >= 15 is 0 Å². The number of nitrogens with two attached hydrogens (primary N) is 1. The van der Waals surface area contributed by atoms with E-state index < -0.39 is 0 Å². The number of methoxy groups -OCH3 is 1. The van der Waals surface area contributed by atoms with Gasteiger partial charge >= 0.3 is 0 Å². The zero-order valence-corrected chi connectivity index (χ0v) is 10.1. The van der Waals surface area contributed by atoms with Crippen LogP contribution in [0.5, 0.6) is 5.75 Å². The minimum Gasteiger partial charge on any atom is -0.494 e. The Morgan fingerprint density at radius 2 is 2.24 bits per heavy atom. The van der Waals surface area contributed by atoms with E-state index in [9.17, 15) is 4.79 Å². The zero-order valence-electron chi connectivity index (χ0n) is 10.1. The van der Waals surface area contributed by atoms with Gasteiger partial charge in [0.25, 0.3) is 0 Å². The first-order chi connectivity index (χ1) is 8.24. The Hall–Kier alpha value is -1.42. The summed E-state index contributed by atoms with van der Waals surface area (Å²) in [7, 11) is 1.55. The third-order valence-corrected chi connectivity index (χ3v) is 3.38. The van der Waals surface area contributed by atoms with Gasteiger partial charge in [-0.3, -0.25) is 4.79 Å². The molecule has 1 aliphatic carbocycles. The molecule has 2 N–H and O–H groups in total. The number of rotatable bonds is 3. The van der Waals surface area contributed by atoms with Gasteiger partial charge < -0.3 is 10.5 Å². The summed E-state index contributed by atoms with van der Waals surface area (Å²) >= 11 is 0. The summed E-state index contributed by atoms with van der Waals surface area (Å²) < 4.78 is 5.17. The maximum Gasteiger partial charge on any atom is 0.189 e. The number of pyridine rings is 1. The van der Waals surface area contributed by atoms with Gasteiger partial charge in [-0.15, -0.1) is 0 Å². The molecule has 0 amide bonds. The Balaban J connectivity index is 2.23. The van der Waals surface area contributed by atoms with Crippen molar-refractivity contribution >= 4 is 5.78 Å². The Morgan fingerprint density at radius 3 is 2.94 bits per heavy atom. The van der Waals surface area contributed by atoms with Crippen LogP contribution in [-0.2, 0) is 0 Å². The lowest BCUT2D eigenvalue weighted by molar-refractivity contribution is 0.0862. The van der Waals surface area contributed by atoms with E-state index in [1.165, 1.54) is 0 Å². The van der Waals surface area contributed by atoms with E-state index in [0.717, 1.165) is 25.7 Å². The lowest BCUT2D eigenvalue weighted by Crippen LogP contribution is -2.38. The molecule has 1 aromatic rings. The van der Waals surface area contributed by atoms with E-state index in [-0.39, 0.29) is 17.7 Å². The van der Waals surface area contributed by atoms with Crippen LogP contribution in [-0.4, -0.2) is 23.9 Å². The number of nitrogens with zero attached hydrogens (tertiary/aromatic N) is 1. The predicted octanol–water partition coefficient (Wildman–Crippen LogP) is 1.79. The van der Waals surface area contributed by atoms with Crippen LogP contribution in [0.3, 0.4) is 0 Å². The van der Waals surface area contributed by atoms with Crippen LogP contribution in [0.25, 0.3) is 0 Å². The molecule has 0 radical (unpaired) electrons. The summed E-state index contributed by atoms with van der Waals surface area (Å²) in [6, 6.07) is 3.48. The second-order valence-corrected chi connectivity index (χ2v) is 4.47. The second-order valence-electron chi connectivity index (χ2n) is 4.47. The smallest absolute Gasteiger partial charge is 0.189 e. The first-order valence-electron chi connectivity index (χ1n) is 6.03. The van der Waals surface area contributed by atoms with Crippen molar-refractivity contribution in [1.82, 2.24) is 4.98 Å². The van der Waals surface area contributed by atoms with E-state index in [1.807, 2.05) is 0 Å². The van der Waals surface area contributed by atoms with Crippen LogP contribution in [0.15, 0.2) is 18.3 Å². The molecule has 2 rings (SSSR count). The van der Waals surface area contributed by atoms with Crippen molar-refractivity contribution in [2.45, 2.75) is 31.7 Å². The molecule has 0 aromatic carbocycles. The highest BCUT2D eigenvalue weighted by Gasteiger charge is 2.31. The summed E-state index contributed by atoms with van der Waals surface area (Å²) in [6.45, 7) is 0. The summed E-state index contributed by atoms with van der Waals surface area (Å²) in [4.78, 5) is 16.5. The van der Waals surface area contributed by atoms with Crippen LogP contribution in [0.2, 0.25) is 0 Å². The van der Waals surface area contributed by atoms with Gasteiger partial charge in [-0.05, 0) is 25.0 Å². The summed E-state index contributed by atoms with van der Waals surface area (Å²) in [5.41, 5.74) is 6.43. The Bertz CT molecular complexity index is 406. The van der Waals surface area contributed by atoms with Crippen LogP contribution in [0, 0.1) is 5.92 Å². The van der Waals surface area contributed by atoms with E-state index in [0.29, 0.717) is 11.4 Å². The standard InChI is InChI=1S/C13H18N2O2/c1-17-11-7-4-8-15-12(11)13(16)9-5-2-3-6-10(9)14/h4,7-10H,2-3,5-6,14H2,1H3. The first kappa shape index (κ1) is 12.0. The van der Waals surface area contributed by atoms with Gasteiger partial charge in [0.05, 0.1) is 7.11 Å². The van der Waals surface area contributed by atoms with Crippen molar-refractivity contribution < 1.29 is 9.53 Å². The van der Waals surface area contributed by atoms with E-state index in [1.54, 1.807) is 25.4 Å². The van der Waals surface area contributed by atoms with Crippen molar-refractivity contribution in [3.8, 4) is 5.75 Å². The molecule has 92 valence electrons. The fourth-order valence-electron chi connectivity index (χ4n) is 2.40. The largest absolute Gasteiger partial charge is 0.494 e. The lowest BCUT2D eigenvalue weighted by atomic mass is 9.81. The number of hydrogen-bond acceptors (Lipinski definition) is 4. The van der Waals surface area contributed by atoms with Crippen molar-refractivity contribution in [3.05, 3.63) is 24.0 Å². The molecule has 2 unspecified atom stereocenters. The normalized spacial score (nSPS) is 24.4. The molecule has 4 heteroatoms. The van der Waals surface area contributed by atoms with Crippen molar-refractivity contribution in [2.75, 3.05) is 7.11 Å². The second kappa shape index (κ2) is 5.27. The number of ketones is 1. The van der Waals surface area contributed by atoms with Gasteiger partial charge in [0.15, 0.2) is 5.78 Å². The topological polar surface area (TPSA) is 65.2 Å². The fraction of sp³-hybridized carbons (Fsp3) is 0.538. The summed E-state index contributed by atoms with van der Waals surface area (Å²) in [5, 5.41) is 0. The highest BCUT2D eigenvalue weighted by atomic mass is 16.5. The van der Waals surface area contributed by atoms with Crippen LogP contribution < -0.4 is 10.5 Å². The highest BCUT2D eigenvalue weighted by Crippen LogP contribution is 2.28. The molecule has 0 spiro atoms. The van der Waals surface area contributed by atoms with Crippen molar-refractivity contribution in [1.29, 1.82) is 0 Å². The number of ether oxygens (including phenoxy) is 1. The maximum atomic E-state index is 12.4. The molecule has 1 saturated carbocycles. The van der Waals surface area contributed by atoms with Gasteiger partial charge in [0.2, 0.25) is 0 Å². The van der Waals surface area contributed by atoms with Gasteiger partial charge in [-0.2, -0.15) is 0 Å². The molecule has 17 heavy (non-hydrogen) atoms. The van der Waals surface area contributed by atoms with E-state index in [2.05, 4.69) is 4.98 Å². The Morgan fingerprint density at radius 1 is 1.47 bits per heavy atom. The highest BCUT2D eigenvalue weighted by molar-refractivity contribution is 5.98. The summed E-state index contributed by atoms with van der Waals surface area (Å²) in [6.07, 6.45) is 5.58. The number of aromatic nitrogens is 1. The fourth-order valence-corrected chi connectivity index (χ4v) is 2.40. The minimum atomic E-state index is -0.104. The maximum absolute atomic E-state index is 12.4. The van der Waals surface area contributed by atoms with Gasteiger partial charge in [-0.1, -0.05) is 12.8 Å². The van der Waals surface area contributed by atoms with Crippen molar-refractivity contribution in [2.24, 2.45) is 11.7 Å². The molecule has 1 aliphatic rings. The zero-order chi connectivity index (χ0) is 12.3. The Kier molecular flexibility index (Phi) is 3.74. The molecule has 0 aliphatic heterocycles. The number of hydrogen-bond donors (Lipinski definition) is 1. The van der Waals surface area contributed by atoms with Crippen LogP contribution >= 0.6 is 0 Å². The van der Waals surface area contributed by atoms with Crippen LogP contribution in [0.4, 0.5) is 0 Å². The monoisotopic (exact) mass is 234 g/mol. The molecular formula is C13H18N2O2. The third-order valence-electron chi connectivity index (χ3n) is 3.38. The van der Waals surface area contributed by atoms with Gasteiger partial charge in [0.1, 0.15) is 11.4 Å². The molecule has 0 saturated heterocycles. The predicted molar refractivity (Wildman–Crippen MR) is 65.1 cm³/mol. The third kappa shape index (κ3) is 2.47. The molecule has 1 aromatic heterocycles. The number of carbonyl (C=O) groups excluding carboxylic acids is 1. The number of Topliss-reactive ketones (excluding diaryl/α,β-unsaturated/α-hetero) is 1. The quantitative estimate of drug-likeness (QED) is 0.810. The molecular weight excluding hydrogens is 216 g/mol. The molecule has 1 heterocycles. The molecule has 0 bridgehead atoms. The number of carbonyl (C=O) groups is 1. The molecule has 1 fully saturated rings.